The van der Waals surface area contributed by atoms with Crippen molar-refractivity contribution in [3.63, 3.8) is 0 Å². The van der Waals surface area contributed by atoms with Crippen molar-refractivity contribution in [2.45, 2.75) is 32.0 Å². The largest absolute Gasteiger partial charge is 0.381 e. The van der Waals surface area contributed by atoms with Crippen LogP contribution in [0.15, 0.2) is 35.9 Å². The van der Waals surface area contributed by atoms with Gasteiger partial charge in [0, 0.05) is 17.7 Å². The van der Waals surface area contributed by atoms with Crippen molar-refractivity contribution >= 4 is 11.6 Å². The van der Waals surface area contributed by atoms with E-state index in [2.05, 4.69) is 6.07 Å². The molecule has 1 aromatic carbocycles. The van der Waals surface area contributed by atoms with Crippen molar-refractivity contribution in [2.24, 2.45) is 0 Å². The van der Waals surface area contributed by atoms with Crippen molar-refractivity contribution < 1.29 is 9.84 Å². The quantitative estimate of drug-likeness (QED) is 0.859. The van der Waals surface area contributed by atoms with Crippen LogP contribution in [0, 0.1) is 11.3 Å². The predicted octanol–water partition coefficient (Wildman–Crippen LogP) is 3.42. The molecule has 0 radical (unpaired) electrons. The lowest BCUT2D eigenvalue weighted by Crippen LogP contribution is -2.49. The number of aliphatic hydroxyl groups is 1. The number of nitrogens with zero attached hydrogens (tertiary/aromatic N) is 1. The number of hydrogen-bond donors (Lipinski definition) is 1. The van der Waals surface area contributed by atoms with Crippen LogP contribution in [-0.2, 0) is 10.3 Å². The van der Waals surface area contributed by atoms with Gasteiger partial charge in [-0.3, -0.25) is 0 Å². The normalized spacial score (nSPS) is 16.9. The smallest absolute Gasteiger partial charge is 0.211 e. The molecule has 0 aromatic heterocycles. The summed E-state index contributed by atoms with van der Waals surface area (Å²) in [6.07, 6.45) is 1.62. The number of benzene rings is 1. The zero-order valence-electron chi connectivity index (χ0n) is 11.6. The fraction of sp³-hybridized carbons (Fsp3) is 0.400. The highest BCUT2D eigenvalue weighted by molar-refractivity contribution is 6.30. The molecule has 1 aromatic rings. The van der Waals surface area contributed by atoms with Crippen LogP contribution in [0.4, 0.5) is 0 Å². The topological polar surface area (TPSA) is 53.2 Å². The lowest BCUT2D eigenvalue weighted by molar-refractivity contribution is -0.105. The molecule has 1 N–H and O–H groups in total. The Morgan fingerprint density at radius 1 is 1.37 bits per heavy atom. The van der Waals surface area contributed by atoms with Crippen molar-refractivity contribution in [1.29, 1.82) is 5.26 Å². The Hall–Kier alpha value is -1.34. The summed E-state index contributed by atoms with van der Waals surface area (Å²) in [5.41, 5.74) is -1.47. The van der Waals surface area contributed by atoms with Gasteiger partial charge in [-0.15, -0.1) is 0 Å². The summed E-state index contributed by atoms with van der Waals surface area (Å²) in [6, 6.07) is 8.79. The molecule has 0 aliphatic carbocycles. The van der Waals surface area contributed by atoms with Crippen LogP contribution < -0.4 is 0 Å². The van der Waals surface area contributed by atoms with Gasteiger partial charge in [-0.05, 0) is 32.9 Å². The number of ether oxygens (including phenoxy) is 1. The van der Waals surface area contributed by atoms with Crippen LogP contribution in [0.1, 0.15) is 26.3 Å². The zero-order valence-corrected chi connectivity index (χ0v) is 12.3. The first-order valence-corrected chi connectivity index (χ1v) is 6.28. The van der Waals surface area contributed by atoms with Gasteiger partial charge in [-0.2, -0.15) is 5.26 Å². The van der Waals surface area contributed by atoms with E-state index in [0.29, 0.717) is 10.6 Å². The molecule has 3 nitrogen and oxygen atoms in total. The second-order valence-corrected chi connectivity index (χ2v) is 5.31. The standard InChI is InChI=1S/C15H18ClNO2/c1-11(2)9-14(3,18)15(10-17,19-4)12-5-7-13(16)8-6-12/h5-9,18H,1-4H3. The van der Waals surface area contributed by atoms with E-state index in [4.69, 9.17) is 16.3 Å². The first kappa shape index (κ1) is 15.7. The summed E-state index contributed by atoms with van der Waals surface area (Å²) in [7, 11) is 1.41. The second kappa shape index (κ2) is 5.75. The molecule has 4 heteroatoms. The average Bonchev–Trinajstić information content (AvgIpc) is 2.31. The van der Waals surface area contributed by atoms with Gasteiger partial charge in [0.25, 0.3) is 0 Å². The molecule has 1 rings (SSSR count). The third-order valence-electron chi connectivity index (χ3n) is 3.00. The van der Waals surface area contributed by atoms with Crippen molar-refractivity contribution in [1.82, 2.24) is 0 Å². The van der Waals surface area contributed by atoms with Gasteiger partial charge in [0.15, 0.2) is 0 Å². The van der Waals surface area contributed by atoms with Crippen LogP contribution in [0.3, 0.4) is 0 Å². The molecular weight excluding hydrogens is 262 g/mol. The van der Waals surface area contributed by atoms with Crippen LogP contribution in [0.5, 0.6) is 0 Å². The lowest BCUT2D eigenvalue weighted by atomic mass is 9.78. The Kier molecular flexibility index (Phi) is 4.75. The highest BCUT2D eigenvalue weighted by atomic mass is 35.5. The second-order valence-electron chi connectivity index (χ2n) is 4.87. The number of hydrogen-bond acceptors (Lipinski definition) is 3. The summed E-state index contributed by atoms with van der Waals surface area (Å²) in [6.45, 7) is 5.27. The van der Waals surface area contributed by atoms with E-state index in [1.165, 1.54) is 7.11 Å². The van der Waals surface area contributed by atoms with Gasteiger partial charge < -0.3 is 9.84 Å². The number of methoxy groups -OCH3 is 1. The molecule has 2 unspecified atom stereocenters. The first-order chi connectivity index (χ1) is 8.79. The van der Waals surface area contributed by atoms with Gasteiger partial charge in [0.2, 0.25) is 5.60 Å². The third-order valence-corrected chi connectivity index (χ3v) is 3.25. The fourth-order valence-electron chi connectivity index (χ4n) is 2.19. The van der Waals surface area contributed by atoms with Gasteiger partial charge in [0.1, 0.15) is 11.7 Å². The molecule has 0 fully saturated rings. The highest BCUT2D eigenvalue weighted by Crippen LogP contribution is 2.38. The lowest BCUT2D eigenvalue weighted by Gasteiger charge is -2.37. The molecule has 0 heterocycles. The summed E-state index contributed by atoms with van der Waals surface area (Å²) < 4.78 is 5.38. The molecule has 2 atom stereocenters. The van der Waals surface area contributed by atoms with Gasteiger partial charge in [-0.25, -0.2) is 0 Å². The predicted molar refractivity (Wildman–Crippen MR) is 75.8 cm³/mol. The van der Waals surface area contributed by atoms with E-state index in [-0.39, 0.29) is 0 Å². The molecule has 102 valence electrons. The highest BCUT2D eigenvalue weighted by Gasteiger charge is 2.48. The van der Waals surface area contributed by atoms with Crippen LogP contribution in [-0.4, -0.2) is 17.8 Å². The summed E-state index contributed by atoms with van der Waals surface area (Å²) in [4.78, 5) is 0. The van der Waals surface area contributed by atoms with E-state index in [9.17, 15) is 10.4 Å². The molecule has 0 spiro atoms. The van der Waals surface area contributed by atoms with E-state index in [0.717, 1.165) is 5.57 Å². The average molecular weight is 280 g/mol. The molecule has 0 aliphatic heterocycles. The Labute approximate surface area is 119 Å². The van der Waals surface area contributed by atoms with Crippen molar-refractivity contribution in [3.8, 4) is 6.07 Å². The minimum absolute atomic E-state index is 0.560. The number of halogens is 1. The number of nitriles is 1. The van der Waals surface area contributed by atoms with Crippen LogP contribution in [0.2, 0.25) is 5.02 Å². The van der Waals surface area contributed by atoms with E-state index in [1.54, 1.807) is 37.3 Å². The minimum Gasteiger partial charge on any atom is -0.381 e. The van der Waals surface area contributed by atoms with Crippen LogP contribution >= 0.6 is 11.6 Å². The Morgan fingerprint density at radius 3 is 2.26 bits per heavy atom. The van der Waals surface area contributed by atoms with Gasteiger partial charge >= 0.3 is 0 Å². The molecule has 19 heavy (non-hydrogen) atoms. The number of rotatable bonds is 4. The molecule has 0 bridgehead atoms. The first-order valence-electron chi connectivity index (χ1n) is 5.90. The van der Waals surface area contributed by atoms with Crippen molar-refractivity contribution in [3.05, 3.63) is 46.5 Å². The van der Waals surface area contributed by atoms with Gasteiger partial charge in [-0.1, -0.05) is 35.4 Å². The Balaban J connectivity index is 3.45. The van der Waals surface area contributed by atoms with E-state index in [1.807, 2.05) is 13.8 Å². The maximum absolute atomic E-state index is 10.7. The Bertz CT molecular complexity index is 510. The molecule has 0 saturated heterocycles. The Morgan fingerprint density at radius 2 is 1.89 bits per heavy atom. The summed E-state index contributed by atoms with van der Waals surface area (Å²) >= 11 is 5.85. The SMILES string of the molecule is COC(C#N)(c1ccc(Cl)cc1)C(C)(O)C=C(C)C. The molecule has 0 saturated carbocycles. The third kappa shape index (κ3) is 2.98. The maximum Gasteiger partial charge on any atom is 0.211 e. The molecule has 0 aliphatic rings. The van der Waals surface area contributed by atoms with E-state index >= 15 is 0 Å². The summed E-state index contributed by atoms with van der Waals surface area (Å²) in [5.74, 6) is 0. The monoisotopic (exact) mass is 279 g/mol. The molecule has 0 amide bonds. The number of allylic oxidation sites excluding steroid dienone is 1. The maximum atomic E-state index is 10.7. The van der Waals surface area contributed by atoms with E-state index < -0.39 is 11.2 Å². The zero-order chi connectivity index (χ0) is 14.7. The fourth-order valence-corrected chi connectivity index (χ4v) is 2.31. The minimum atomic E-state index is -1.48. The summed E-state index contributed by atoms with van der Waals surface area (Å²) in [5, 5.41) is 20.8. The molecular formula is C15H18ClNO2. The van der Waals surface area contributed by atoms with Gasteiger partial charge in [0.05, 0.1) is 0 Å². The van der Waals surface area contributed by atoms with Crippen LogP contribution in [0.25, 0.3) is 0 Å². The van der Waals surface area contributed by atoms with Crippen molar-refractivity contribution in [2.75, 3.05) is 7.11 Å².